The van der Waals surface area contributed by atoms with Gasteiger partial charge in [0.1, 0.15) is 0 Å². The highest BCUT2D eigenvalue weighted by molar-refractivity contribution is 9.10. The highest BCUT2D eigenvalue weighted by atomic mass is 79.9. The van der Waals surface area contributed by atoms with Crippen molar-refractivity contribution in [3.05, 3.63) is 68.1 Å². The summed E-state index contributed by atoms with van der Waals surface area (Å²) in [6.45, 7) is 7.46. The number of hydrogen-bond acceptors (Lipinski definition) is 1. The van der Waals surface area contributed by atoms with Gasteiger partial charge in [0.2, 0.25) is 0 Å². The van der Waals surface area contributed by atoms with Crippen LogP contribution in [0.2, 0.25) is 5.02 Å². The second-order valence-corrected chi connectivity index (χ2v) is 6.69. The molecule has 0 radical (unpaired) electrons. The third-order valence-electron chi connectivity index (χ3n) is 3.74. The highest BCUT2D eigenvalue weighted by Gasteiger charge is 2.16. The van der Waals surface area contributed by atoms with Crippen LogP contribution in [0.25, 0.3) is 0 Å². The lowest BCUT2D eigenvalue weighted by Gasteiger charge is -2.22. The first kappa shape index (κ1) is 16.5. The minimum atomic E-state index is 0.177. The van der Waals surface area contributed by atoms with Crippen LogP contribution in [0.3, 0.4) is 0 Å². The number of nitrogens with one attached hydrogen (secondary N) is 1. The molecule has 0 aliphatic rings. The summed E-state index contributed by atoms with van der Waals surface area (Å²) >= 11 is 9.71. The maximum Gasteiger partial charge on any atom is 0.0587 e. The molecule has 0 aromatic heterocycles. The SMILES string of the molecule is CCCNC(c1ccc(C)c(C)c1)c1ccc(Cl)cc1Br. The van der Waals surface area contributed by atoms with Gasteiger partial charge in [-0.3, -0.25) is 0 Å². The Labute approximate surface area is 140 Å². The van der Waals surface area contributed by atoms with Crippen molar-refractivity contribution < 1.29 is 0 Å². The van der Waals surface area contributed by atoms with Crippen molar-refractivity contribution in [2.75, 3.05) is 6.54 Å². The molecule has 0 aliphatic carbocycles. The van der Waals surface area contributed by atoms with Crippen LogP contribution < -0.4 is 5.32 Å². The smallest absolute Gasteiger partial charge is 0.0587 e. The molecule has 0 amide bonds. The average Bonchev–Trinajstić information content (AvgIpc) is 2.44. The van der Waals surface area contributed by atoms with Crippen molar-refractivity contribution in [1.29, 1.82) is 0 Å². The molecule has 112 valence electrons. The highest BCUT2D eigenvalue weighted by Crippen LogP contribution is 2.31. The van der Waals surface area contributed by atoms with Gasteiger partial charge in [-0.2, -0.15) is 0 Å². The second kappa shape index (κ2) is 7.44. The quantitative estimate of drug-likeness (QED) is 0.704. The topological polar surface area (TPSA) is 12.0 Å². The molecule has 0 aliphatic heterocycles. The van der Waals surface area contributed by atoms with Crippen LogP contribution in [0.15, 0.2) is 40.9 Å². The molecule has 0 fully saturated rings. The van der Waals surface area contributed by atoms with Crippen LogP contribution in [0.1, 0.15) is 41.6 Å². The van der Waals surface area contributed by atoms with Gasteiger partial charge >= 0.3 is 0 Å². The van der Waals surface area contributed by atoms with Crippen LogP contribution in [-0.2, 0) is 0 Å². The standard InChI is InChI=1S/C18H21BrClN/c1-4-9-21-18(14-6-5-12(2)13(3)10-14)16-8-7-15(20)11-17(16)19/h5-8,10-11,18,21H,4,9H2,1-3H3. The second-order valence-electron chi connectivity index (χ2n) is 5.40. The average molecular weight is 367 g/mol. The fourth-order valence-electron chi connectivity index (χ4n) is 2.38. The summed E-state index contributed by atoms with van der Waals surface area (Å²) < 4.78 is 1.04. The normalized spacial score (nSPS) is 12.4. The van der Waals surface area contributed by atoms with Crippen LogP contribution in [0.5, 0.6) is 0 Å². The van der Waals surface area contributed by atoms with Gasteiger partial charge < -0.3 is 5.32 Å². The predicted molar refractivity (Wildman–Crippen MR) is 95.2 cm³/mol. The summed E-state index contributed by atoms with van der Waals surface area (Å²) in [7, 11) is 0. The molecule has 2 aromatic rings. The maximum absolute atomic E-state index is 6.07. The van der Waals surface area contributed by atoms with E-state index in [9.17, 15) is 0 Å². The zero-order valence-corrected chi connectivity index (χ0v) is 15.1. The van der Waals surface area contributed by atoms with Gasteiger partial charge in [0.15, 0.2) is 0 Å². The van der Waals surface area contributed by atoms with Gasteiger partial charge in [-0.15, -0.1) is 0 Å². The van der Waals surface area contributed by atoms with E-state index in [0.29, 0.717) is 0 Å². The minimum absolute atomic E-state index is 0.177. The zero-order chi connectivity index (χ0) is 15.4. The van der Waals surface area contributed by atoms with E-state index in [-0.39, 0.29) is 6.04 Å². The van der Waals surface area contributed by atoms with E-state index in [0.717, 1.165) is 22.5 Å². The Kier molecular flexibility index (Phi) is 5.86. The van der Waals surface area contributed by atoms with Gasteiger partial charge in [-0.05, 0) is 61.2 Å². The van der Waals surface area contributed by atoms with Crippen LogP contribution in [0.4, 0.5) is 0 Å². The Morgan fingerprint density at radius 1 is 1.10 bits per heavy atom. The lowest BCUT2D eigenvalue weighted by molar-refractivity contribution is 0.596. The molecule has 2 aromatic carbocycles. The van der Waals surface area contributed by atoms with E-state index in [4.69, 9.17) is 11.6 Å². The molecule has 21 heavy (non-hydrogen) atoms. The first-order valence-electron chi connectivity index (χ1n) is 7.28. The first-order chi connectivity index (χ1) is 10.0. The number of aryl methyl sites for hydroxylation is 2. The van der Waals surface area contributed by atoms with E-state index < -0.39 is 0 Å². The Balaban J connectivity index is 2.44. The summed E-state index contributed by atoms with van der Waals surface area (Å²) in [6.07, 6.45) is 1.10. The molecule has 3 heteroatoms. The number of hydrogen-bond donors (Lipinski definition) is 1. The van der Waals surface area contributed by atoms with E-state index in [1.807, 2.05) is 12.1 Å². The fraction of sp³-hybridized carbons (Fsp3) is 0.333. The fourth-order valence-corrected chi connectivity index (χ4v) is 3.29. The summed E-state index contributed by atoms with van der Waals surface area (Å²) in [5.41, 5.74) is 5.15. The van der Waals surface area contributed by atoms with Crippen molar-refractivity contribution >= 4 is 27.5 Å². The summed E-state index contributed by atoms with van der Waals surface area (Å²) in [4.78, 5) is 0. The molecule has 0 saturated carbocycles. The largest absolute Gasteiger partial charge is 0.306 e. The Bertz CT molecular complexity index is 625. The van der Waals surface area contributed by atoms with E-state index >= 15 is 0 Å². The van der Waals surface area contributed by atoms with Crippen molar-refractivity contribution in [2.45, 2.75) is 33.2 Å². The Morgan fingerprint density at radius 2 is 1.86 bits per heavy atom. The molecule has 1 unspecified atom stereocenters. The summed E-state index contributed by atoms with van der Waals surface area (Å²) in [5, 5.41) is 4.39. The van der Waals surface area contributed by atoms with E-state index in [1.54, 1.807) is 0 Å². The first-order valence-corrected chi connectivity index (χ1v) is 8.45. The molecule has 1 nitrogen and oxygen atoms in total. The van der Waals surface area contributed by atoms with Crippen molar-refractivity contribution in [3.63, 3.8) is 0 Å². The molecule has 0 heterocycles. The lowest BCUT2D eigenvalue weighted by Crippen LogP contribution is -2.23. The van der Waals surface area contributed by atoms with Gasteiger partial charge in [0.05, 0.1) is 6.04 Å². The van der Waals surface area contributed by atoms with E-state index in [2.05, 4.69) is 66.3 Å². The predicted octanol–water partition coefficient (Wildman–Crippen LogP) is 5.81. The minimum Gasteiger partial charge on any atom is -0.306 e. The van der Waals surface area contributed by atoms with Crippen molar-refractivity contribution in [2.24, 2.45) is 0 Å². The molecule has 2 rings (SSSR count). The third kappa shape index (κ3) is 4.09. The number of rotatable bonds is 5. The Morgan fingerprint density at radius 3 is 2.48 bits per heavy atom. The van der Waals surface area contributed by atoms with Crippen LogP contribution in [0, 0.1) is 13.8 Å². The zero-order valence-electron chi connectivity index (χ0n) is 12.7. The lowest BCUT2D eigenvalue weighted by atomic mass is 9.95. The van der Waals surface area contributed by atoms with Crippen LogP contribution in [-0.4, -0.2) is 6.54 Å². The van der Waals surface area contributed by atoms with Crippen molar-refractivity contribution in [1.82, 2.24) is 5.32 Å². The maximum atomic E-state index is 6.07. The van der Waals surface area contributed by atoms with Crippen molar-refractivity contribution in [3.8, 4) is 0 Å². The molecular formula is C18H21BrClN. The van der Waals surface area contributed by atoms with Gasteiger partial charge in [-0.25, -0.2) is 0 Å². The van der Waals surface area contributed by atoms with E-state index in [1.165, 1.54) is 22.3 Å². The Hall–Kier alpha value is -0.830. The van der Waals surface area contributed by atoms with Crippen LogP contribution >= 0.6 is 27.5 Å². The monoisotopic (exact) mass is 365 g/mol. The number of halogens is 2. The molecular weight excluding hydrogens is 346 g/mol. The number of benzene rings is 2. The summed E-state index contributed by atoms with van der Waals surface area (Å²) in [6, 6.07) is 12.8. The molecule has 0 saturated heterocycles. The van der Waals surface area contributed by atoms with Gasteiger partial charge in [0.25, 0.3) is 0 Å². The molecule has 0 spiro atoms. The van der Waals surface area contributed by atoms with Gasteiger partial charge in [-0.1, -0.05) is 58.7 Å². The summed E-state index contributed by atoms with van der Waals surface area (Å²) in [5.74, 6) is 0. The molecule has 0 bridgehead atoms. The third-order valence-corrected chi connectivity index (χ3v) is 4.66. The van der Waals surface area contributed by atoms with Gasteiger partial charge in [0, 0.05) is 9.50 Å². The molecule has 1 N–H and O–H groups in total. The molecule has 1 atom stereocenters.